The van der Waals surface area contributed by atoms with Crippen LogP contribution < -0.4 is 10.6 Å². The number of nitrogens with zero attached hydrogens (tertiary/aromatic N) is 2. The largest absolute Gasteiger partial charge is 0.434 e. The van der Waals surface area contributed by atoms with Crippen LogP contribution >= 0.6 is 23.2 Å². The number of carbonyl (C=O) groups is 1. The molecule has 0 aliphatic heterocycles. The van der Waals surface area contributed by atoms with Crippen molar-refractivity contribution in [1.29, 1.82) is 0 Å². The number of amides is 1. The molecule has 27 heavy (non-hydrogen) atoms. The van der Waals surface area contributed by atoms with Gasteiger partial charge in [-0.05, 0) is 25.0 Å². The van der Waals surface area contributed by atoms with Crippen LogP contribution in [0.4, 0.5) is 24.8 Å². The molecule has 0 spiro atoms. The second-order valence-corrected chi connectivity index (χ2v) is 6.94. The molecule has 2 aromatic rings. The molecule has 0 unspecified atom stereocenters. The summed E-state index contributed by atoms with van der Waals surface area (Å²) < 4.78 is 40.3. The first-order chi connectivity index (χ1) is 12.8. The molecule has 1 aliphatic rings. The van der Waals surface area contributed by atoms with Crippen molar-refractivity contribution in [2.45, 2.75) is 37.9 Å². The maximum absolute atomic E-state index is 13.4. The van der Waals surface area contributed by atoms with E-state index in [9.17, 15) is 18.0 Å². The van der Waals surface area contributed by atoms with Crippen molar-refractivity contribution in [3.63, 3.8) is 0 Å². The van der Waals surface area contributed by atoms with Crippen LogP contribution in [-0.2, 0) is 6.18 Å². The number of halogens is 5. The summed E-state index contributed by atoms with van der Waals surface area (Å²) in [6, 6.07) is 4.50. The van der Waals surface area contributed by atoms with E-state index in [2.05, 4.69) is 20.6 Å². The fourth-order valence-corrected chi connectivity index (χ4v) is 3.38. The smallest absolute Gasteiger partial charge is 0.349 e. The van der Waals surface area contributed by atoms with Gasteiger partial charge in [0.25, 0.3) is 5.91 Å². The zero-order chi connectivity index (χ0) is 19.6. The van der Waals surface area contributed by atoms with Gasteiger partial charge in [-0.2, -0.15) is 13.2 Å². The fraction of sp³-hybridized carbons (Fsp3) is 0.353. The van der Waals surface area contributed by atoms with Gasteiger partial charge in [-0.25, -0.2) is 9.97 Å². The number of hydrogen-bond acceptors (Lipinski definition) is 4. The lowest BCUT2D eigenvalue weighted by Gasteiger charge is -2.16. The molecule has 1 aromatic heterocycles. The van der Waals surface area contributed by atoms with Crippen LogP contribution in [0.15, 0.2) is 24.4 Å². The molecule has 0 saturated heterocycles. The third kappa shape index (κ3) is 4.62. The molecule has 5 nitrogen and oxygen atoms in total. The van der Waals surface area contributed by atoms with E-state index in [1.165, 1.54) is 12.1 Å². The zero-order valence-corrected chi connectivity index (χ0v) is 15.4. The molecule has 144 valence electrons. The molecule has 0 radical (unpaired) electrons. The first-order valence-electron chi connectivity index (χ1n) is 8.22. The molecule has 0 bridgehead atoms. The predicted molar refractivity (Wildman–Crippen MR) is 96.5 cm³/mol. The van der Waals surface area contributed by atoms with Gasteiger partial charge in [-0.15, -0.1) is 0 Å². The van der Waals surface area contributed by atoms with Crippen LogP contribution in [0.3, 0.4) is 0 Å². The van der Waals surface area contributed by atoms with Crippen molar-refractivity contribution < 1.29 is 18.0 Å². The first kappa shape index (κ1) is 19.7. The number of benzene rings is 1. The van der Waals surface area contributed by atoms with Crippen molar-refractivity contribution in [3.05, 3.63) is 45.7 Å². The van der Waals surface area contributed by atoms with Crippen LogP contribution in [-0.4, -0.2) is 21.9 Å². The molecular weight excluding hydrogens is 404 g/mol. The maximum Gasteiger partial charge on any atom is 0.434 e. The van der Waals surface area contributed by atoms with Gasteiger partial charge >= 0.3 is 6.18 Å². The summed E-state index contributed by atoms with van der Waals surface area (Å²) >= 11 is 12.0. The van der Waals surface area contributed by atoms with E-state index in [4.69, 9.17) is 23.2 Å². The van der Waals surface area contributed by atoms with Crippen LogP contribution in [0, 0.1) is 0 Å². The molecule has 3 rings (SSSR count). The van der Waals surface area contributed by atoms with Gasteiger partial charge < -0.3 is 10.6 Å². The van der Waals surface area contributed by atoms with Gasteiger partial charge in [0.15, 0.2) is 5.69 Å². The third-order valence-corrected chi connectivity index (χ3v) is 4.82. The lowest BCUT2D eigenvalue weighted by Crippen LogP contribution is -2.34. The Bertz CT molecular complexity index is 834. The summed E-state index contributed by atoms with van der Waals surface area (Å²) in [6.45, 7) is 0. The van der Waals surface area contributed by atoms with Crippen LogP contribution in [0.2, 0.25) is 10.0 Å². The molecular formula is C17H15Cl2F3N4O. The molecule has 10 heteroatoms. The van der Waals surface area contributed by atoms with E-state index >= 15 is 0 Å². The Morgan fingerprint density at radius 2 is 1.78 bits per heavy atom. The third-order valence-electron chi connectivity index (χ3n) is 4.19. The molecule has 1 saturated carbocycles. The Labute approximate surface area is 163 Å². The van der Waals surface area contributed by atoms with Crippen LogP contribution in [0.25, 0.3) is 0 Å². The SMILES string of the molecule is O=C(NC1CCCC1)c1cnc(Nc2c(Cl)cccc2Cl)nc1C(F)(F)F. The van der Waals surface area contributed by atoms with Gasteiger partial charge in [0.05, 0.1) is 21.3 Å². The monoisotopic (exact) mass is 418 g/mol. The van der Waals surface area contributed by atoms with Gasteiger partial charge in [0, 0.05) is 12.2 Å². The molecule has 1 aromatic carbocycles. The second-order valence-electron chi connectivity index (χ2n) is 6.13. The Hall–Kier alpha value is -2.06. The van der Waals surface area contributed by atoms with Crippen molar-refractivity contribution in [1.82, 2.24) is 15.3 Å². The standard InChI is InChI=1S/C17H15Cl2F3N4O/c18-11-6-3-7-12(19)13(11)25-16-23-8-10(14(26-16)17(20,21)22)15(27)24-9-4-1-2-5-9/h3,6-9H,1-2,4-5H2,(H,24,27)(H,23,25,26). The lowest BCUT2D eigenvalue weighted by molar-refractivity contribution is -0.141. The van der Waals surface area contributed by atoms with E-state index in [0.29, 0.717) is 0 Å². The van der Waals surface area contributed by atoms with Crippen molar-refractivity contribution in [2.24, 2.45) is 0 Å². The minimum atomic E-state index is -4.83. The Morgan fingerprint density at radius 3 is 2.37 bits per heavy atom. The number of alkyl halides is 3. The van der Waals surface area contributed by atoms with Crippen LogP contribution in [0.5, 0.6) is 0 Å². The van der Waals surface area contributed by atoms with Crippen molar-refractivity contribution in [3.8, 4) is 0 Å². The Morgan fingerprint density at radius 1 is 1.15 bits per heavy atom. The predicted octanol–water partition coefficient (Wildman–Crippen LogP) is 5.22. The minimum absolute atomic E-state index is 0.127. The van der Waals surface area contributed by atoms with E-state index in [0.717, 1.165) is 31.9 Å². The molecule has 1 fully saturated rings. The number of carbonyl (C=O) groups excluding carboxylic acids is 1. The second kappa shape index (κ2) is 7.90. The number of para-hydroxylation sites is 1. The quantitative estimate of drug-likeness (QED) is 0.714. The molecule has 1 amide bonds. The summed E-state index contributed by atoms with van der Waals surface area (Å²) in [4.78, 5) is 19.6. The highest BCUT2D eigenvalue weighted by molar-refractivity contribution is 6.39. The fourth-order valence-electron chi connectivity index (χ4n) is 2.89. The highest BCUT2D eigenvalue weighted by Gasteiger charge is 2.38. The topological polar surface area (TPSA) is 66.9 Å². The number of rotatable bonds is 4. The first-order valence-corrected chi connectivity index (χ1v) is 8.97. The van der Waals surface area contributed by atoms with Crippen molar-refractivity contribution >= 4 is 40.7 Å². The van der Waals surface area contributed by atoms with E-state index in [-0.39, 0.29) is 27.7 Å². The van der Waals surface area contributed by atoms with Gasteiger partial charge in [-0.3, -0.25) is 4.79 Å². The van der Waals surface area contributed by atoms with Gasteiger partial charge in [0.1, 0.15) is 0 Å². The van der Waals surface area contributed by atoms with Crippen LogP contribution in [0.1, 0.15) is 41.7 Å². The lowest BCUT2D eigenvalue weighted by atomic mass is 10.1. The van der Waals surface area contributed by atoms with Crippen molar-refractivity contribution in [2.75, 3.05) is 5.32 Å². The number of anilines is 2. The summed E-state index contributed by atoms with van der Waals surface area (Å²) in [5, 5.41) is 5.58. The molecule has 1 aliphatic carbocycles. The number of nitrogens with one attached hydrogen (secondary N) is 2. The van der Waals surface area contributed by atoms with E-state index in [1.54, 1.807) is 6.07 Å². The molecule has 1 heterocycles. The van der Waals surface area contributed by atoms with E-state index < -0.39 is 23.3 Å². The summed E-state index contributed by atoms with van der Waals surface area (Å²) in [5.74, 6) is -1.20. The average Bonchev–Trinajstić information content (AvgIpc) is 3.10. The zero-order valence-electron chi connectivity index (χ0n) is 13.9. The number of hydrogen-bond donors (Lipinski definition) is 2. The normalized spacial score (nSPS) is 15.0. The highest BCUT2D eigenvalue weighted by atomic mass is 35.5. The molecule has 2 N–H and O–H groups in total. The number of aromatic nitrogens is 2. The minimum Gasteiger partial charge on any atom is -0.349 e. The Balaban J connectivity index is 1.91. The highest BCUT2D eigenvalue weighted by Crippen LogP contribution is 2.34. The average molecular weight is 419 g/mol. The maximum atomic E-state index is 13.4. The van der Waals surface area contributed by atoms with E-state index in [1.807, 2.05) is 0 Å². The Kier molecular flexibility index (Phi) is 5.76. The summed E-state index contributed by atoms with van der Waals surface area (Å²) in [5.41, 5.74) is -1.76. The summed E-state index contributed by atoms with van der Waals surface area (Å²) in [6.07, 6.45) is -0.597. The summed E-state index contributed by atoms with van der Waals surface area (Å²) in [7, 11) is 0. The molecule has 0 atom stereocenters. The van der Waals surface area contributed by atoms with Gasteiger partial charge in [-0.1, -0.05) is 42.1 Å². The van der Waals surface area contributed by atoms with Gasteiger partial charge in [0.2, 0.25) is 5.95 Å².